The van der Waals surface area contributed by atoms with E-state index in [-0.39, 0.29) is 5.91 Å². The SMILES string of the molecule is CCOC(=O)c1sc(N)c(C(=O)NC)c1CC(C)C. The van der Waals surface area contributed by atoms with Crippen molar-refractivity contribution in [2.75, 3.05) is 19.4 Å². The second-order valence-corrected chi connectivity index (χ2v) is 5.60. The number of amides is 1. The topological polar surface area (TPSA) is 81.4 Å². The molecule has 0 aliphatic rings. The third kappa shape index (κ3) is 3.47. The standard InChI is InChI=1S/C13H20N2O3S/c1-5-18-13(17)10-8(6-7(2)3)9(11(14)19-10)12(16)15-4/h7H,5-6,14H2,1-4H3,(H,15,16). The number of ether oxygens (including phenoxy) is 1. The molecule has 6 heteroatoms. The average Bonchev–Trinajstić information content (AvgIpc) is 2.65. The Bertz CT molecular complexity index is 480. The smallest absolute Gasteiger partial charge is 0.348 e. The van der Waals surface area contributed by atoms with Gasteiger partial charge in [0.2, 0.25) is 0 Å². The molecule has 1 heterocycles. The minimum atomic E-state index is -0.412. The van der Waals surface area contributed by atoms with Gasteiger partial charge in [0.05, 0.1) is 17.2 Å². The lowest BCUT2D eigenvalue weighted by Crippen LogP contribution is -2.21. The number of hydrogen-bond donors (Lipinski definition) is 2. The van der Waals surface area contributed by atoms with E-state index in [0.717, 1.165) is 11.3 Å². The number of nitrogen functional groups attached to an aromatic ring is 1. The summed E-state index contributed by atoms with van der Waals surface area (Å²) in [6.07, 6.45) is 0.616. The molecular weight excluding hydrogens is 264 g/mol. The van der Waals surface area contributed by atoms with Crippen LogP contribution in [0.2, 0.25) is 0 Å². The number of esters is 1. The minimum Gasteiger partial charge on any atom is -0.462 e. The highest BCUT2D eigenvalue weighted by atomic mass is 32.1. The predicted molar refractivity (Wildman–Crippen MR) is 76.6 cm³/mol. The molecule has 1 rings (SSSR count). The normalized spacial score (nSPS) is 10.6. The van der Waals surface area contributed by atoms with Gasteiger partial charge in [0, 0.05) is 7.05 Å². The Morgan fingerprint density at radius 2 is 2.05 bits per heavy atom. The predicted octanol–water partition coefficient (Wildman–Crippen LogP) is 2.07. The first-order valence-corrected chi connectivity index (χ1v) is 7.04. The van der Waals surface area contributed by atoms with Crippen LogP contribution in [-0.4, -0.2) is 25.5 Å². The maximum absolute atomic E-state index is 11.9. The molecule has 3 N–H and O–H groups in total. The molecule has 0 aliphatic heterocycles. The van der Waals surface area contributed by atoms with Gasteiger partial charge < -0.3 is 15.8 Å². The van der Waals surface area contributed by atoms with Gasteiger partial charge in [0.25, 0.3) is 5.91 Å². The highest BCUT2D eigenvalue weighted by molar-refractivity contribution is 7.18. The molecule has 0 saturated carbocycles. The van der Waals surface area contributed by atoms with Crippen molar-refractivity contribution < 1.29 is 14.3 Å². The van der Waals surface area contributed by atoms with Gasteiger partial charge in [-0.15, -0.1) is 11.3 Å². The first kappa shape index (κ1) is 15.5. The van der Waals surface area contributed by atoms with Gasteiger partial charge >= 0.3 is 5.97 Å². The third-order valence-electron chi connectivity index (χ3n) is 2.56. The van der Waals surface area contributed by atoms with Crippen LogP contribution in [0.5, 0.6) is 0 Å². The molecule has 0 atom stereocenters. The molecular formula is C13H20N2O3S. The number of nitrogens with one attached hydrogen (secondary N) is 1. The van der Waals surface area contributed by atoms with Crippen molar-refractivity contribution in [3.63, 3.8) is 0 Å². The molecule has 0 aromatic carbocycles. The molecule has 1 aromatic heterocycles. The van der Waals surface area contributed by atoms with Crippen LogP contribution in [0, 0.1) is 5.92 Å². The van der Waals surface area contributed by atoms with Crippen LogP contribution in [0.1, 0.15) is 46.4 Å². The van der Waals surface area contributed by atoms with Crippen LogP contribution in [0.15, 0.2) is 0 Å². The quantitative estimate of drug-likeness (QED) is 0.811. The second kappa shape index (κ2) is 6.56. The molecule has 1 aromatic rings. The summed E-state index contributed by atoms with van der Waals surface area (Å²) in [7, 11) is 1.54. The first-order chi connectivity index (χ1) is 8.92. The molecule has 0 aliphatic carbocycles. The summed E-state index contributed by atoms with van der Waals surface area (Å²) in [5.74, 6) is -0.365. The maximum Gasteiger partial charge on any atom is 0.348 e. The Labute approximate surface area is 117 Å². The van der Waals surface area contributed by atoms with Gasteiger partial charge in [-0.2, -0.15) is 0 Å². The second-order valence-electron chi connectivity index (χ2n) is 4.55. The fourth-order valence-electron chi connectivity index (χ4n) is 1.82. The molecule has 0 radical (unpaired) electrons. The zero-order valence-corrected chi connectivity index (χ0v) is 12.5. The van der Waals surface area contributed by atoms with Gasteiger partial charge in [-0.25, -0.2) is 4.79 Å². The van der Waals surface area contributed by atoms with E-state index in [1.807, 2.05) is 13.8 Å². The van der Waals surface area contributed by atoms with E-state index < -0.39 is 5.97 Å². The number of carbonyl (C=O) groups is 2. The van der Waals surface area contributed by atoms with Crippen molar-refractivity contribution >= 4 is 28.2 Å². The van der Waals surface area contributed by atoms with Gasteiger partial charge in [-0.3, -0.25) is 4.79 Å². The first-order valence-electron chi connectivity index (χ1n) is 6.22. The molecule has 0 spiro atoms. The lowest BCUT2D eigenvalue weighted by Gasteiger charge is -2.09. The molecule has 19 heavy (non-hydrogen) atoms. The number of hydrogen-bond acceptors (Lipinski definition) is 5. The Hall–Kier alpha value is -1.56. The van der Waals surface area contributed by atoms with Crippen LogP contribution in [0.3, 0.4) is 0 Å². The average molecular weight is 284 g/mol. The molecule has 106 valence electrons. The Kier molecular flexibility index (Phi) is 5.35. The number of nitrogens with two attached hydrogens (primary N) is 1. The highest BCUT2D eigenvalue weighted by Gasteiger charge is 2.26. The zero-order chi connectivity index (χ0) is 14.6. The Morgan fingerprint density at radius 3 is 2.53 bits per heavy atom. The molecule has 0 fully saturated rings. The van der Waals surface area contributed by atoms with Crippen LogP contribution in [0.4, 0.5) is 5.00 Å². The summed E-state index contributed by atoms with van der Waals surface area (Å²) < 4.78 is 5.02. The van der Waals surface area contributed by atoms with Crippen molar-refractivity contribution in [2.24, 2.45) is 5.92 Å². The zero-order valence-electron chi connectivity index (χ0n) is 11.7. The van der Waals surface area contributed by atoms with Crippen LogP contribution in [-0.2, 0) is 11.2 Å². The monoisotopic (exact) mass is 284 g/mol. The molecule has 1 amide bonds. The summed E-state index contributed by atoms with van der Waals surface area (Å²) in [4.78, 5) is 24.3. The van der Waals surface area contributed by atoms with E-state index in [1.54, 1.807) is 14.0 Å². The number of anilines is 1. The summed E-state index contributed by atoms with van der Waals surface area (Å²) in [6.45, 7) is 6.09. The van der Waals surface area contributed by atoms with E-state index in [1.165, 1.54) is 0 Å². The number of thiophene rings is 1. The van der Waals surface area contributed by atoms with Crippen molar-refractivity contribution in [3.8, 4) is 0 Å². The van der Waals surface area contributed by atoms with Crippen molar-refractivity contribution in [2.45, 2.75) is 27.2 Å². The number of rotatable bonds is 5. The van der Waals surface area contributed by atoms with E-state index in [9.17, 15) is 9.59 Å². The van der Waals surface area contributed by atoms with Crippen LogP contribution in [0.25, 0.3) is 0 Å². The maximum atomic E-state index is 11.9. The Balaban J connectivity index is 3.31. The summed E-state index contributed by atoms with van der Waals surface area (Å²) in [6, 6.07) is 0. The molecule has 0 unspecified atom stereocenters. The van der Waals surface area contributed by atoms with Gasteiger partial charge in [-0.1, -0.05) is 13.8 Å². The van der Waals surface area contributed by atoms with Crippen LogP contribution < -0.4 is 11.1 Å². The summed E-state index contributed by atoms with van der Waals surface area (Å²) >= 11 is 1.12. The molecule has 5 nitrogen and oxygen atoms in total. The largest absolute Gasteiger partial charge is 0.462 e. The summed E-state index contributed by atoms with van der Waals surface area (Å²) in [5, 5.41) is 2.91. The van der Waals surface area contributed by atoms with Crippen molar-refractivity contribution in [1.82, 2.24) is 5.32 Å². The van der Waals surface area contributed by atoms with Crippen molar-refractivity contribution in [3.05, 3.63) is 16.0 Å². The number of carbonyl (C=O) groups excluding carboxylic acids is 2. The van der Waals surface area contributed by atoms with E-state index in [2.05, 4.69) is 5.32 Å². The Morgan fingerprint density at radius 1 is 1.42 bits per heavy atom. The fourth-order valence-corrected chi connectivity index (χ4v) is 2.81. The third-order valence-corrected chi connectivity index (χ3v) is 3.60. The van der Waals surface area contributed by atoms with Gasteiger partial charge in [0.1, 0.15) is 4.88 Å². The lowest BCUT2D eigenvalue weighted by molar-refractivity contribution is 0.0531. The van der Waals surface area contributed by atoms with Gasteiger partial charge in [-0.05, 0) is 24.8 Å². The van der Waals surface area contributed by atoms with Crippen LogP contribution >= 0.6 is 11.3 Å². The summed E-state index contributed by atoms with van der Waals surface area (Å²) in [5.41, 5.74) is 6.98. The molecule has 0 bridgehead atoms. The van der Waals surface area contributed by atoms with E-state index in [4.69, 9.17) is 10.5 Å². The highest BCUT2D eigenvalue weighted by Crippen LogP contribution is 2.33. The molecule has 0 saturated heterocycles. The van der Waals surface area contributed by atoms with Gasteiger partial charge in [0.15, 0.2) is 0 Å². The lowest BCUT2D eigenvalue weighted by atomic mass is 9.98. The van der Waals surface area contributed by atoms with E-state index >= 15 is 0 Å². The fraction of sp³-hybridized carbons (Fsp3) is 0.538. The van der Waals surface area contributed by atoms with E-state index in [0.29, 0.717) is 40.0 Å². The van der Waals surface area contributed by atoms with Crippen molar-refractivity contribution in [1.29, 1.82) is 0 Å². The minimum absolute atomic E-state index is 0.264.